The zero-order chi connectivity index (χ0) is 30.2. The average Bonchev–Trinajstić information content (AvgIpc) is 3.38. The van der Waals surface area contributed by atoms with Gasteiger partial charge in [0, 0.05) is 29.6 Å². The molecule has 1 N–H and O–H groups in total. The highest BCUT2D eigenvalue weighted by atomic mass is 35.5. The van der Waals surface area contributed by atoms with Gasteiger partial charge in [0.05, 0.1) is 18.8 Å². The van der Waals surface area contributed by atoms with Crippen molar-refractivity contribution in [2.75, 3.05) is 38.2 Å². The molecule has 0 saturated carbocycles. The van der Waals surface area contributed by atoms with Crippen molar-refractivity contribution in [1.29, 1.82) is 0 Å². The predicted molar refractivity (Wildman–Crippen MR) is 163 cm³/mol. The van der Waals surface area contributed by atoms with Crippen LogP contribution in [-0.2, 0) is 20.1 Å². The molecular formula is C30H36ClN5O5S. The van der Waals surface area contributed by atoms with Gasteiger partial charge in [-0.25, -0.2) is 9.48 Å². The second-order valence-corrected chi connectivity index (χ2v) is 10.7. The molecule has 10 nitrogen and oxygen atoms in total. The number of benzene rings is 2. The Morgan fingerprint density at radius 2 is 1.81 bits per heavy atom. The number of ether oxygens (including phenoxy) is 3. The Balaban J connectivity index is 1.69. The number of nitrogens with one attached hydrogen (secondary N) is 1. The summed E-state index contributed by atoms with van der Waals surface area (Å²) in [5.41, 5.74) is 2.71. The lowest BCUT2D eigenvalue weighted by atomic mass is 9.95. The first-order chi connectivity index (χ1) is 20.3. The summed E-state index contributed by atoms with van der Waals surface area (Å²) in [6.45, 7) is 11.0. The monoisotopic (exact) mass is 613 g/mol. The smallest absolute Gasteiger partial charge is 0.338 e. The first kappa shape index (κ1) is 31.2. The summed E-state index contributed by atoms with van der Waals surface area (Å²) in [4.78, 5) is 32.2. The Kier molecular flexibility index (Phi) is 10.8. The second kappa shape index (κ2) is 14.5. The van der Waals surface area contributed by atoms with Gasteiger partial charge in [-0.2, -0.15) is 4.98 Å². The number of anilines is 1. The first-order valence-corrected chi connectivity index (χ1v) is 15.3. The standard InChI is InChI=1S/C30H36ClN5O5S/c1-6-35(7-2)25(37)17-41-23-15-14-20(16-24(23)39-8-3)27-26(28(38)40-9-4)19(5)32-29-33-30(34-36(27)29)42-18-21-12-10-11-13-22(21)31/h10-16,27H,6-9,17-18H2,1-5H3,(H,32,33,34). The number of carbonyl (C=O) groups is 2. The number of hydrogen-bond acceptors (Lipinski definition) is 9. The third-order valence-corrected chi connectivity index (χ3v) is 7.95. The average molecular weight is 614 g/mol. The molecule has 0 bridgehead atoms. The van der Waals surface area contributed by atoms with Gasteiger partial charge in [-0.05, 0) is 63.9 Å². The fourth-order valence-corrected chi connectivity index (χ4v) is 5.74. The molecule has 1 atom stereocenters. The van der Waals surface area contributed by atoms with E-state index >= 15 is 0 Å². The van der Waals surface area contributed by atoms with Crippen LogP contribution in [0.25, 0.3) is 0 Å². The van der Waals surface area contributed by atoms with Gasteiger partial charge >= 0.3 is 5.97 Å². The number of aromatic nitrogens is 3. The van der Waals surface area contributed by atoms with Gasteiger partial charge in [0.1, 0.15) is 6.04 Å². The number of fused-ring (bicyclic) bond motifs is 1. The molecule has 1 aliphatic rings. The molecule has 4 rings (SSSR count). The van der Waals surface area contributed by atoms with E-state index in [2.05, 4.69) is 5.32 Å². The first-order valence-electron chi connectivity index (χ1n) is 14.0. The largest absolute Gasteiger partial charge is 0.490 e. The van der Waals surface area contributed by atoms with Crippen LogP contribution in [0.4, 0.5) is 5.95 Å². The van der Waals surface area contributed by atoms with E-state index in [1.807, 2.05) is 64.1 Å². The van der Waals surface area contributed by atoms with Gasteiger partial charge in [0.2, 0.25) is 11.1 Å². The number of halogens is 1. The fourth-order valence-electron chi connectivity index (χ4n) is 4.62. The maximum absolute atomic E-state index is 13.2. The molecule has 0 fully saturated rings. The van der Waals surface area contributed by atoms with E-state index in [0.717, 1.165) is 11.1 Å². The van der Waals surface area contributed by atoms with Gasteiger partial charge in [0.15, 0.2) is 18.1 Å². The van der Waals surface area contributed by atoms with Gasteiger partial charge in [0.25, 0.3) is 5.91 Å². The number of carbonyl (C=O) groups excluding carboxylic acids is 2. The Bertz CT molecular complexity index is 1460. The minimum absolute atomic E-state index is 0.109. The SMILES string of the molecule is CCOC(=O)C1=C(C)Nc2nc(SCc3ccccc3Cl)nn2C1c1ccc(OCC(=O)N(CC)CC)c(OCC)c1. The van der Waals surface area contributed by atoms with Crippen LogP contribution < -0.4 is 14.8 Å². The van der Waals surface area contributed by atoms with Crippen molar-refractivity contribution >= 4 is 41.2 Å². The molecule has 1 aromatic heterocycles. The van der Waals surface area contributed by atoms with Crippen molar-refractivity contribution in [3.05, 3.63) is 69.9 Å². The summed E-state index contributed by atoms with van der Waals surface area (Å²) in [5.74, 6) is 1.40. The number of esters is 1. The Labute approximate surface area is 255 Å². The summed E-state index contributed by atoms with van der Waals surface area (Å²) in [6, 6.07) is 12.4. The number of likely N-dealkylation sites (N-methyl/N-ethyl adjacent to an activating group) is 1. The maximum atomic E-state index is 13.2. The van der Waals surface area contributed by atoms with E-state index in [0.29, 0.717) is 64.3 Å². The highest BCUT2D eigenvalue weighted by Crippen LogP contribution is 2.40. The lowest BCUT2D eigenvalue weighted by molar-refractivity contribution is -0.139. The summed E-state index contributed by atoms with van der Waals surface area (Å²) in [6.07, 6.45) is 0. The number of nitrogens with zero attached hydrogens (tertiary/aromatic N) is 4. The van der Waals surface area contributed by atoms with E-state index in [1.54, 1.807) is 22.6 Å². The number of allylic oxidation sites excluding steroid dienone is 1. The minimum Gasteiger partial charge on any atom is -0.490 e. The number of rotatable bonds is 13. The lowest BCUT2D eigenvalue weighted by Gasteiger charge is -2.28. The van der Waals surface area contributed by atoms with E-state index in [4.69, 9.17) is 35.9 Å². The van der Waals surface area contributed by atoms with Crippen LogP contribution in [0.1, 0.15) is 51.8 Å². The van der Waals surface area contributed by atoms with Crippen LogP contribution in [0.5, 0.6) is 11.5 Å². The molecular weight excluding hydrogens is 578 g/mol. The van der Waals surface area contributed by atoms with Crippen molar-refractivity contribution in [1.82, 2.24) is 19.7 Å². The molecule has 0 radical (unpaired) electrons. The Morgan fingerprint density at radius 3 is 2.50 bits per heavy atom. The highest BCUT2D eigenvalue weighted by Gasteiger charge is 2.36. The zero-order valence-electron chi connectivity index (χ0n) is 24.5. The lowest BCUT2D eigenvalue weighted by Crippen LogP contribution is -2.34. The van der Waals surface area contributed by atoms with E-state index in [9.17, 15) is 9.59 Å². The van der Waals surface area contributed by atoms with Crippen LogP contribution in [0.3, 0.4) is 0 Å². The molecule has 0 spiro atoms. The number of thioether (sulfide) groups is 1. The number of amides is 1. The molecule has 0 aliphatic carbocycles. The molecule has 0 saturated heterocycles. The Hall–Kier alpha value is -3.70. The van der Waals surface area contributed by atoms with Crippen molar-refractivity contribution in [2.45, 2.75) is 51.6 Å². The van der Waals surface area contributed by atoms with Crippen molar-refractivity contribution in [2.24, 2.45) is 0 Å². The normalized spacial score (nSPS) is 14.2. The molecule has 2 heterocycles. The van der Waals surface area contributed by atoms with Crippen molar-refractivity contribution in [3.63, 3.8) is 0 Å². The molecule has 1 amide bonds. The Morgan fingerprint density at radius 1 is 1.05 bits per heavy atom. The van der Waals surface area contributed by atoms with Gasteiger partial charge in [-0.1, -0.05) is 47.6 Å². The summed E-state index contributed by atoms with van der Waals surface area (Å²) >= 11 is 7.79. The molecule has 1 unspecified atom stereocenters. The summed E-state index contributed by atoms with van der Waals surface area (Å²) in [7, 11) is 0. The summed E-state index contributed by atoms with van der Waals surface area (Å²) in [5, 5.41) is 9.20. The second-order valence-electron chi connectivity index (χ2n) is 9.32. The summed E-state index contributed by atoms with van der Waals surface area (Å²) < 4.78 is 18.9. The molecule has 2 aromatic carbocycles. The van der Waals surface area contributed by atoms with Crippen LogP contribution in [0, 0.1) is 0 Å². The third kappa shape index (κ3) is 7.01. The highest BCUT2D eigenvalue weighted by molar-refractivity contribution is 7.98. The molecule has 224 valence electrons. The fraction of sp³-hybridized carbons (Fsp3) is 0.400. The van der Waals surface area contributed by atoms with Gasteiger partial charge in [-0.3, -0.25) is 4.79 Å². The van der Waals surface area contributed by atoms with E-state index in [1.165, 1.54) is 11.8 Å². The van der Waals surface area contributed by atoms with E-state index in [-0.39, 0.29) is 19.1 Å². The van der Waals surface area contributed by atoms with Crippen LogP contribution in [0.2, 0.25) is 5.02 Å². The van der Waals surface area contributed by atoms with Crippen LogP contribution >= 0.6 is 23.4 Å². The predicted octanol–water partition coefficient (Wildman–Crippen LogP) is 5.72. The third-order valence-electron chi connectivity index (χ3n) is 6.69. The molecule has 12 heteroatoms. The van der Waals surface area contributed by atoms with E-state index < -0.39 is 12.0 Å². The number of hydrogen-bond donors (Lipinski definition) is 1. The maximum Gasteiger partial charge on any atom is 0.338 e. The molecule has 1 aliphatic heterocycles. The topological polar surface area (TPSA) is 108 Å². The van der Waals surface area contributed by atoms with Crippen LogP contribution in [0.15, 0.2) is 58.9 Å². The van der Waals surface area contributed by atoms with Gasteiger partial charge in [-0.15, -0.1) is 5.10 Å². The quantitative estimate of drug-likeness (QED) is 0.191. The van der Waals surface area contributed by atoms with Crippen molar-refractivity contribution < 1.29 is 23.8 Å². The molecule has 3 aromatic rings. The van der Waals surface area contributed by atoms with Crippen LogP contribution in [-0.4, -0.2) is 64.5 Å². The van der Waals surface area contributed by atoms with Gasteiger partial charge < -0.3 is 24.4 Å². The zero-order valence-corrected chi connectivity index (χ0v) is 26.1. The molecule has 42 heavy (non-hydrogen) atoms. The van der Waals surface area contributed by atoms with Crippen molar-refractivity contribution in [3.8, 4) is 11.5 Å². The minimum atomic E-state index is -0.645.